The van der Waals surface area contributed by atoms with E-state index in [-0.39, 0.29) is 16.7 Å². The molecule has 1 rings (SSSR count). The molecule has 0 aliphatic carbocycles. The molecule has 0 aromatic heterocycles. The number of hydrogen-bond acceptors (Lipinski definition) is 2. The van der Waals surface area contributed by atoms with E-state index < -0.39 is 17.5 Å². The van der Waals surface area contributed by atoms with Crippen molar-refractivity contribution in [2.75, 3.05) is 0 Å². The molecule has 0 aliphatic heterocycles. The number of aryl methyl sites for hydroxylation is 1. The van der Waals surface area contributed by atoms with Crippen molar-refractivity contribution in [1.29, 1.82) is 0 Å². The fraction of sp³-hybridized carbons (Fsp3) is 0.273. The lowest BCUT2D eigenvalue weighted by atomic mass is 9.97. The Hall–Kier alpha value is -1.65. The standard InChI is InChI=1S/C11H9F3O2/c1-6-3-8(11(12,13)14)4-9(7(2)16)10(6)5-15/h3-5H,1-2H3. The largest absolute Gasteiger partial charge is 0.416 e. The summed E-state index contributed by atoms with van der Waals surface area (Å²) in [5.41, 5.74) is -0.946. The maximum absolute atomic E-state index is 12.4. The van der Waals surface area contributed by atoms with Gasteiger partial charge in [0.1, 0.15) is 0 Å². The van der Waals surface area contributed by atoms with E-state index in [1.54, 1.807) is 0 Å². The van der Waals surface area contributed by atoms with Crippen molar-refractivity contribution in [2.24, 2.45) is 0 Å². The number of carbonyl (C=O) groups excluding carboxylic acids is 2. The molecule has 0 heterocycles. The smallest absolute Gasteiger partial charge is 0.298 e. The fourth-order valence-electron chi connectivity index (χ4n) is 1.41. The van der Waals surface area contributed by atoms with Crippen LogP contribution in [0.25, 0.3) is 0 Å². The van der Waals surface area contributed by atoms with E-state index in [0.29, 0.717) is 12.4 Å². The van der Waals surface area contributed by atoms with Gasteiger partial charge >= 0.3 is 6.18 Å². The average Bonchev–Trinajstić information content (AvgIpc) is 2.14. The van der Waals surface area contributed by atoms with Gasteiger partial charge in [-0.3, -0.25) is 9.59 Å². The number of hydrogen-bond donors (Lipinski definition) is 0. The number of rotatable bonds is 2. The van der Waals surface area contributed by atoms with Crippen molar-refractivity contribution in [3.05, 3.63) is 34.4 Å². The summed E-state index contributed by atoms with van der Waals surface area (Å²) in [5, 5.41) is 0. The molecule has 0 unspecified atom stereocenters. The van der Waals surface area contributed by atoms with Crippen LogP contribution in [0.4, 0.5) is 13.2 Å². The molecular formula is C11H9F3O2. The van der Waals surface area contributed by atoms with Gasteiger partial charge in [0.05, 0.1) is 5.56 Å². The first-order chi connectivity index (χ1) is 7.27. The van der Waals surface area contributed by atoms with Crippen molar-refractivity contribution >= 4 is 12.1 Å². The Kier molecular flexibility index (Phi) is 3.16. The van der Waals surface area contributed by atoms with Crippen LogP contribution in [0.1, 0.15) is 38.8 Å². The van der Waals surface area contributed by atoms with Crippen LogP contribution in [-0.2, 0) is 6.18 Å². The van der Waals surface area contributed by atoms with E-state index in [4.69, 9.17) is 0 Å². The zero-order chi connectivity index (χ0) is 12.5. The van der Waals surface area contributed by atoms with Crippen LogP contribution in [0, 0.1) is 6.92 Å². The number of Topliss-reactive ketones (excluding diaryl/α,β-unsaturated/α-hetero) is 1. The van der Waals surface area contributed by atoms with Crippen molar-refractivity contribution in [1.82, 2.24) is 0 Å². The van der Waals surface area contributed by atoms with Gasteiger partial charge in [-0.1, -0.05) is 0 Å². The topological polar surface area (TPSA) is 34.1 Å². The molecule has 1 aromatic rings. The van der Waals surface area contributed by atoms with Gasteiger partial charge in [-0.25, -0.2) is 0 Å². The Bertz CT molecular complexity index is 447. The minimum atomic E-state index is -4.52. The second kappa shape index (κ2) is 4.08. The quantitative estimate of drug-likeness (QED) is 0.578. The molecule has 0 saturated carbocycles. The van der Waals surface area contributed by atoms with Gasteiger partial charge in [0.25, 0.3) is 0 Å². The highest BCUT2D eigenvalue weighted by atomic mass is 19.4. The molecule has 2 nitrogen and oxygen atoms in total. The summed E-state index contributed by atoms with van der Waals surface area (Å²) in [4.78, 5) is 21.8. The highest BCUT2D eigenvalue weighted by Crippen LogP contribution is 2.31. The number of aldehydes is 1. The van der Waals surface area contributed by atoms with Crippen LogP contribution in [-0.4, -0.2) is 12.1 Å². The summed E-state index contributed by atoms with van der Waals surface area (Å²) in [5.74, 6) is -0.559. The van der Waals surface area contributed by atoms with Crippen LogP contribution < -0.4 is 0 Å². The van der Waals surface area contributed by atoms with Crippen LogP contribution in [0.15, 0.2) is 12.1 Å². The summed E-state index contributed by atoms with van der Waals surface area (Å²) in [6.07, 6.45) is -4.12. The minimum absolute atomic E-state index is 0.0144. The molecule has 0 fully saturated rings. The van der Waals surface area contributed by atoms with Crippen molar-refractivity contribution in [3.8, 4) is 0 Å². The molecule has 0 saturated heterocycles. The van der Waals surface area contributed by atoms with Crippen LogP contribution in [0.5, 0.6) is 0 Å². The lowest BCUT2D eigenvalue weighted by Gasteiger charge is -2.11. The van der Waals surface area contributed by atoms with Gasteiger partial charge in [-0.2, -0.15) is 13.2 Å². The number of ketones is 1. The van der Waals surface area contributed by atoms with E-state index in [1.165, 1.54) is 6.92 Å². The Balaban J connectivity index is 3.52. The third-order valence-electron chi connectivity index (χ3n) is 2.21. The number of benzene rings is 1. The lowest BCUT2D eigenvalue weighted by molar-refractivity contribution is -0.137. The summed E-state index contributed by atoms with van der Waals surface area (Å²) < 4.78 is 37.3. The number of carbonyl (C=O) groups is 2. The molecule has 86 valence electrons. The van der Waals surface area contributed by atoms with Crippen LogP contribution in [0.3, 0.4) is 0 Å². The second-order valence-corrected chi connectivity index (χ2v) is 3.43. The van der Waals surface area contributed by atoms with Gasteiger partial charge in [0, 0.05) is 11.1 Å². The maximum atomic E-state index is 12.4. The second-order valence-electron chi connectivity index (χ2n) is 3.43. The molecule has 0 N–H and O–H groups in total. The molecule has 0 bridgehead atoms. The Morgan fingerprint density at radius 2 is 1.88 bits per heavy atom. The number of alkyl halides is 3. The predicted octanol–water partition coefficient (Wildman–Crippen LogP) is 3.03. The first kappa shape index (κ1) is 12.4. The summed E-state index contributed by atoms with van der Waals surface area (Å²) in [6, 6.07) is 1.56. The molecular weight excluding hydrogens is 221 g/mol. The zero-order valence-corrected chi connectivity index (χ0v) is 8.68. The number of halogens is 3. The van der Waals surface area contributed by atoms with E-state index >= 15 is 0 Å². The van der Waals surface area contributed by atoms with E-state index in [9.17, 15) is 22.8 Å². The normalized spacial score (nSPS) is 11.3. The van der Waals surface area contributed by atoms with Gasteiger partial charge in [-0.05, 0) is 31.5 Å². The molecule has 5 heteroatoms. The van der Waals surface area contributed by atoms with Gasteiger partial charge in [-0.15, -0.1) is 0 Å². The monoisotopic (exact) mass is 230 g/mol. The Morgan fingerprint density at radius 1 is 1.31 bits per heavy atom. The fourth-order valence-corrected chi connectivity index (χ4v) is 1.41. The molecule has 0 aliphatic rings. The zero-order valence-electron chi connectivity index (χ0n) is 8.68. The van der Waals surface area contributed by atoms with E-state index in [1.807, 2.05) is 0 Å². The first-order valence-electron chi connectivity index (χ1n) is 4.45. The third-order valence-corrected chi connectivity index (χ3v) is 2.21. The highest BCUT2D eigenvalue weighted by molar-refractivity contribution is 6.02. The molecule has 0 amide bonds. The Labute approximate surface area is 90.1 Å². The highest BCUT2D eigenvalue weighted by Gasteiger charge is 2.32. The van der Waals surface area contributed by atoms with Crippen molar-refractivity contribution < 1.29 is 22.8 Å². The van der Waals surface area contributed by atoms with E-state index in [2.05, 4.69) is 0 Å². The van der Waals surface area contributed by atoms with Gasteiger partial charge < -0.3 is 0 Å². The molecule has 0 atom stereocenters. The Morgan fingerprint density at radius 3 is 2.25 bits per heavy atom. The molecule has 16 heavy (non-hydrogen) atoms. The maximum Gasteiger partial charge on any atom is 0.416 e. The lowest BCUT2D eigenvalue weighted by Crippen LogP contribution is -2.10. The first-order valence-corrected chi connectivity index (χ1v) is 4.45. The van der Waals surface area contributed by atoms with Gasteiger partial charge in [0.2, 0.25) is 0 Å². The summed E-state index contributed by atoms with van der Waals surface area (Å²) >= 11 is 0. The van der Waals surface area contributed by atoms with Crippen LogP contribution in [0.2, 0.25) is 0 Å². The van der Waals surface area contributed by atoms with Crippen LogP contribution >= 0.6 is 0 Å². The average molecular weight is 230 g/mol. The molecule has 0 radical (unpaired) electrons. The third kappa shape index (κ3) is 2.29. The molecule has 0 spiro atoms. The van der Waals surface area contributed by atoms with E-state index in [0.717, 1.165) is 13.0 Å². The van der Waals surface area contributed by atoms with Crippen molar-refractivity contribution in [2.45, 2.75) is 20.0 Å². The minimum Gasteiger partial charge on any atom is -0.298 e. The predicted molar refractivity (Wildman–Crippen MR) is 51.6 cm³/mol. The van der Waals surface area contributed by atoms with Crippen molar-refractivity contribution in [3.63, 3.8) is 0 Å². The summed E-state index contributed by atoms with van der Waals surface area (Å²) in [7, 11) is 0. The SMILES string of the molecule is CC(=O)c1cc(C(F)(F)F)cc(C)c1C=O. The molecule has 1 aromatic carbocycles. The summed E-state index contributed by atoms with van der Waals surface area (Å²) in [6.45, 7) is 2.49. The van der Waals surface area contributed by atoms with Gasteiger partial charge in [0.15, 0.2) is 12.1 Å².